The summed E-state index contributed by atoms with van der Waals surface area (Å²) in [5.74, 6) is 2.79. The Morgan fingerprint density at radius 3 is 2.83 bits per heavy atom. The zero-order valence-corrected chi connectivity index (χ0v) is 16.3. The van der Waals surface area contributed by atoms with E-state index < -0.39 is 0 Å². The highest BCUT2D eigenvalue weighted by Crippen LogP contribution is 2.48. The average molecular weight is 395 g/mol. The molecule has 8 nitrogen and oxygen atoms in total. The molecule has 2 aromatic rings. The lowest BCUT2D eigenvalue weighted by Crippen LogP contribution is -2.60. The molecule has 152 valence electrons. The predicted octanol–water partition coefficient (Wildman–Crippen LogP) is 1.49. The monoisotopic (exact) mass is 395 g/mol. The maximum Gasteiger partial charge on any atom is 0.231 e. The number of ether oxygens (including phenoxy) is 2. The van der Waals surface area contributed by atoms with Gasteiger partial charge in [-0.1, -0.05) is 6.07 Å². The number of benzene rings is 1. The van der Waals surface area contributed by atoms with Crippen molar-refractivity contribution in [2.45, 2.75) is 43.8 Å². The van der Waals surface area contributed by atoms with Crippen LogP contribution in [0.15, 0.2) is 30.9 Å². The van der Waals surface area contributed by atoms with E-state index in [4.69, 9.17) is 9.47 Å². The quantitative estimate of drug-likeness (QED) is 0.781. The van der Waals surface area contributed by atoms with Gasteiger partial charge < -0.3 is 14.4 Å². The number of likely N-dealkylation sites (tertiary alicyclic amines) is 1. The van der Waals surface area contributed by atoms with Gasteiger partial charge in [0.2, 0.25) is 12.7 Å². The lowest BCUT2D eigenvalue weighted by atomic mass is 9.75. The second-order valence-corrected chi connectivity index (χ2v) is 8.53. The Hall–Kier alpha value is -2.61. The minimum absolute atomic E-state index is 0.229. The van der Waals surface area contributed by atoms with E-state index in [0.29, 0.717) is 36.9 Å². The first kappa shape index (κ1) is 17.3. The molecular weight excluding hydrogens is 370 g/mol. The summed E-state index contributed by atoms with van der Waals surface area (Å²) in [7, 11) is 0. The molecule has 8 heteroatoms. The average Bonchev–Trinajstić information content (AvgIpc) is 3.52. The van der Waals surface area contributed by atoms with Crippen LogP contribution in [0.5, 0.6) is 11.5 Å². The Balaban J connectivity index is 1.28. The summed E-state index contributed by atoms with van der Waals surface area (Å²) in [4.78, 5) is 22.0. The number of nitrogens with zero attached hydrogens (tertiary/aromatic N) is 5. The second kappa shape index (κ2) is 6.73. The van der Waals surface area contributed by atoms with E-state index in [2.05, 4.69) is 32.0 Å². The van der Waals surface area contributed by atoms with Gasteiger partial charge in [0.1, 0.15) is 12.7 Å². The molecule has 3 atom stereocenters. The molecule has 0 saturated carbocycles. The fourth-order valence-corrected chi connectivity index (χ4v) is 5.84. The van der Waals surface area contributed by atoms with Crippen molar-refractivity contribution >= 4 is 5.91 Å². The van der Waals surface area contributed by atoms with Crippen LogP contribution in [0.3, 0.4) is 0 Å². The van der Waals surface area contributed by atoms with Gasteiger partial charge in [0, 0.05) is 24.9 Å². The Bertz CT molecular complexity index is 909. The molecule has 0 aliphatic carbocycles. The van der Waals surface area contributed by atoms with Crippen molar-refractivity contribution in [2.75, 3.05) is 26.4 Å². The smallest absolute Gasteiger partial charge is 0.231 e. The molecule has 2 bridgehead atoms. The first-order chi connectivity index (χ1) is 14.3. The number of carbonyl (C=O) groups is 1. The van der Waals surface area contributed by atoms with E-state index >= 15 is 0 Å². The van der Waals surface area contributed by atoms with Crippen LogP contribution in [0.2, 0.25) is 0 Å². The van der Waals surface area contributed by atoms with Crippen LogP contribution in [-0.2, 0) is 11.3 Å². The third kappa shape index (κ3) is 2.80. The number of aryl methyl sites for hydroxylation is 1. The van der Waals surface area contributed by atoms with Gasteiger partial charge in [-0.25, -0.2) is 4.98 Å². The van der Waals surface area contributed by atoms with Crippen LogP contribution in [0.4, 0.5) is 0 Å². The van der Waals surface area contributed by atoms with Gasteiger partial charge in [0.05, 0.1) is 12.6 Å². The Labute approximate surface area is 169 Å². The number of piperidine rings is 3. The van der Waals surface area contributed by atoms with Crippen LogP contribution in [0, 0.1) is 5.92 Å². The van der Waals surface area contributed by atoms with E-state index in [1.807, 2.05) is 6.07 Å². The highest BCUT2D eigenvalue weighted by Gasteiger charge is 2.54. The molecule has 4 fully saturated rings. The Morgan fingerprint density at radius 1 is 1.14 bits per heavy atom. The van der Waals surface area contributed by atoms with Crippen molar-refractivity contribution in [3.05, 3.63) is 36.4 Å². The van der Waals surface area contributed by atoms with Gasteiger partial charge >= 0.3 is 0 Å². The van der Waals surface area contributed by atoms with Crippen LogP contribution in [0.1, 0.15) is 30.7 Å². The molecule has 0 radical (unpaired) electrons. The summed E-state index contributed by atoms with van der Waals surface area (Å²) in [6.07, 6.45) is 6.04. The SMILES string of the molecule is O=C(CCn1cncn1)N1C[C@H](c2ccc3c(c2)OCO3)[C@H]2[C@@H]1C1CCN2CC1. The Morgan fingerprint density at radius 2 is 2.00 bits per heavy atom. The van der Waals surface area contributed by atoms with Gasteiger partial charge in [-0.3, -0.25) is 14.4 Å². The molecule has 29 heavy (non-hydrogen) atoms. The van der Waals surface area contributed by atoms with E-state index in [0.717, 1.165) is 31.1 Å². The molecule has 4 saturated heterocycles. The predicted molar refractivity (Wildman–Crippen MR) is 104 cm³/mol. The van der Waals surface area contributed by atoms with Crippen LogP contribution >= 0.6 is 0 Å². The lowest BCUT2D eigenvalue weighted by Gasteiger charge is -2.51. The molecule has 5 aliphatic rings. The number of hydrogen-bond donors (Lipinski definition) is 0. The first-order valence-electron chi connectivity index (χ1n) is 10.5. The molecule has 0 N–H and O–H groups in total. The van der Waals surface area contributed by atoms with Crippen LogP contribution < -0.4 is 9.47 Å². The summed E-state index contributed by atoms with van der Waals surface area (Å²) in [5.41, 5.74) is 1.25. The fraction of sp³-hybridized carbons (Fsp3) is 0.571. The first-order valence-corrected chi connectivity index (χ1v) is 10.5. The largest absolute Gasteiger partial charge is 0.454 e. The zero-order chi connectivity index (χ0) is 19.4. The fourth-order valence-electron chi connectivity index (χ4n) is 5.84. The standard InChI is InChI=1S/C21H25N5O3/c27-19(5-8-25-12-22-11-23-25)26-10-16(15-1-2-17-18(9-15)29-13-28-17)21-20(26)14-3-6-24(21)7-4-14/h1-2,9,11-12,14,16,20-21H,3-8,10,13H2/t16-,20+,21+/m1/s1. The van der Waals surface area contributed by atoms with E-state index in [-0.39, 0.29) is 12.7 Å². The highest BCUT2D eigenvalue weighted by molar-refractivity contribution is 5.77. The molecule has 5 aliphatic heterocycles. The highest BCUT2D eigenvalue weighted by atomic mass is 16.7. The van der Waals surface area contributed by atoms with E-state index in [9.17, 15) is 4.79 Å². The number of amides is 1. The topological polar surface area (TPSA) is 72.7 Å². The summed E-state index contributed by atoms with van der Waals surface area (Å²) in [6.45, 7) is 3.94. The number of rotatable bonds is 4. The van der Waals surface area contributed by atoms with Gasteiger partial charge in [0.15, 0.2) is 11.5 Å². The summed E-state index contributed by atoms with van der Waals surface area (Å²) in [5, 5.41) is 4.13. The molecule has 0 spiro atoms. The van der Waals surface area contributed by atoms with Crippen molar-refractivity contribution in [2.24, 2.45) is 5.92 Å². The van der Waals surface area contributed by atoms with Gasteiger partial charge in [-0.15, -0.1) is 0 Å². The third-order valence-electron chi connectivity index (χ3n) is 7.16. The summed E-state index contributed by atoms with van der Waals surface area (Å²) >= 11 is 0. The van der Waals surface area contributed by atoms with E-state index in [1.54, 1.807) is 11.0 Å². The summed E-state index contributed by atoms with van der Waals surface area (Å²) in [6, 6.07) is 7.01. The molecule has 6 heterocycles. The lowest BCUT2D eigenvalue weighted by molar-refractivity contribution is -0.136. The number of carbonyl (C=O) groups excluding carboxylic acids is 1. The van der Waals surface area contributed by atoms with Crippen molar-refractivity contribution in [1.29, 1.82) is 0 Å². The maximum atomic E-state index is 13.2. The van der Waals surface area contributed by atoms with Crippen molar-refractivity contribution in [1.82, 2.24) is 24.6 Å². The van der Waals surface area contributed by atoms with Crippen molar-refractivity contribution in [3.8, 4) is 11.5 Å². The van der Waals surface area contributed by atoms with E-state index in [1.165, 1.54) is 24.7 Å². The molecule has 1 aromatic carbocycles. The van der Waals surface area contributed by atoms with Crippen molar-refractivity contribution < 1.29 is 14.3 Å². The number of fused-ring (bicyclic) bond motifs is 3. The van der Waals surface area contributed by atoms with Crippen LogP contribution in [-0.4, -0.2) is 69.0 Å². The molecular formula is C21H25N5O3. The third-order valence-corrected chi connectivity index (χ3v) is 7.16. The molecule has 1 amide bonds. The van der Waals surface area contributed by atoms with Gasteiger partial charge in [0.25, 0.3) is 0 Å². The van der Waals surface area contributed by atoms with Gasteiger partial charge in [-0.2, -0.15) is 5.10 Å². The summed E-state index contributed by atoms with van der Waals surface area (Å²) < 4.78 is 12.8. The second-order valence-electron chi connectivity index (χ2n) is 8.53. The van der Waals surface area contributed by atoms with Crippen molar-refractivity contribution in [3.63, 3.8) is 0 Å². The number of aromatic nitrogens is 3. The zero-order valence-electron chi connectivity index (χ0n) is 16.3. The molecule has 0 unspecified atom stereocenters. The Kier molecular flexibility index (Phi) is 4.00. The number of hydrogen-bond acceptors (Lipinski definition) is 6. The van der Waals surface area contributed by atoms with Crippen LogP contribution in [0.25, 0.3) is 0 Å². The maximum absolute atomic E-state index is 13.2. The molecule has 1 aromatic heterocycles. The minimum Gasteiger partial charge on any atom is -0.454 e. The minimum atomic E-state index is 0.229. The normalized spacial score (nSPS) is 31.9. The molecule has 7 rings (SSSR count). The van der Waals surface area contributed by atoms with Gasteiger partial charge in [-0.05, 0) is 49.5 Å².